The quantitative estimate of drug-likeness (QED) is 0.722. The Morgan fingerprint density at radius 1 is 1.44 bits per heavy atom. The number of carbonyl (C=O) groups is 1. The molecule has 5 nitrogen and oxygen atoms in total. The zero-order chi connectivity index (χ0) is 11.4. The first-order valence-corrected chi connectivity index (χ1v) is 4.80. The lowest BCUT2D eigenvalue weighted by molar-refractivity contribution is 0.111. The molecule has 0 aliphatic rings. The average Bonchev–Trinajstić information content (AvgIpc) is 2.73. The molecule has 0 saturated heterocycles. The fraction of sp³-hybridized carbons (Fsp3) is 0.182. The van der Waals surface area contributed by atoms with E-state index < -0.39 is 0 Å². The molecule has 0 aromatic carbocycles. The largest absolute Gasteiger partial charge is 0.486 e. The molecule has 2 aromatic heterocycles. The van der Waals surface area contributed by atoms with E-state index in [9.17, 15) is 4.79 Å². The zero-order valence-corrected chi connectivity index (χ0v) is 8.83. The van der Waals surface area contributed by atoms with Crippen molar-refractivity contribution in [3.8, 4) is 5.75 Å². The first-order chi connectivity index (χ1) is 7.78. The monoisotopic (exact) mass is 217 g/mol. The maximum Gasteiger partial charge on any atom is 0.168 e. The van der Waals surface area contributed by atoms with Crippen LogP contribution in [0.15, 0.2) is 30.6 Å². The van der Waals surface area contributed by atoms with Crippen LogP contribution in [0.1, 0.15) is 16.2 Å². The molecule has 0 unspecified atom stereocenters. The smallest absolute Gasteiger partial charge is 0.168 e. The number of pyridine rings is 1. The second-order valence-electron chi connectivity index (χ2n) is 3.31. The molecule has 82 valence electrons. The third kappa shape index (κ3) is 2.44. The van der Waals surface area contributed by atoms with Gasteiger partial charge in [-0.05, 0) is 18.2 Å². The molecule has 0 fully saturated rings. The summed E-state index contributed by atoms with van der Waals surface area (Å²) in [6.45, 7) is 0.392. The van der Waals surface area contributed by atoms with Gasteiger partial charge in [0.05, 0.1) is 11.9 Å². The minimum Gasteiger partial charge on any atom is -0.486 e. The summed E-state index contributed by atoms with van der Waals surface area (Å²) in [6, 6.07) is 5.20. The molecule has 0 aliphatic carbocycles. The van der Waals surface area contributed by atoms with Crippen molar-refractivity contribution in [2.24, 2.45) is 7.05 Å². The van der Waals surface area contributed by atoms with E-state index in [2.05, 4.69) is 10.1 Å². The van der Waals surface area contributed by atoms with Crippen LogP contribution < -0.4 is 4.74 Å². The van der Waals surface area contributed by atoms with Crippen molar-refractivity contribution in [3.05, 3.63) is 42.0 Å². The van der Waals surface area contributed by atoms with Crippen molar-refractivity contribution in [2.75, 3.05) is 0 Å². The lowest BCUT2D eigenvalue weighted by atomic mass is 10.3. The van der Waals surface area contributed by atoms with Crippen LogP contribution in [-0.4, -0.2) is 21.1 Å². The first-order valence-electron chi connectivity index (χ1n) is 4.80. The van der Waals surface area contributed by atoms with E-state index in [4.69, 9.17) is 4.74 Å². The van der Waals surface area contributed by atoms with Crippen molar-refractivity contribution in [3.63, 3.8) is 0 Å². The Balaban J connectivity index is 1.96. The van der Waals surface area contributed by atoms with Crippen molar-refractivity contribution in [2.45, 2.75) is 6.61 Å². The summed E-state index contributed by atoms with van der Waals surface area (Å²) in [5, 5.41) is 4.17. The summed E-state index contributed by atoms with van der Waals surface area (Å²) in [6.07, 6.45) is 4.07. The van der Waals surface area contributed by atoms with Gasteiger partial charge in [-0.15, -0.1) is 0 Å². The standard InChI is InChI=1S/C11H11N3O2/c1-14-5-4-10(13-14)8-16-11-3-2-9(7-15)12-6-11/h2-7H,8H2,1H3. The third-order valence-corrected chi connectivity index (χ3v) is 2.04. The highest BCUT2D eigenvalue weighted by molar-refractivity contribution is 5.71. The molecule has 16 heavy (non-hydrogen) atoms. The van der Waals surface area contributed by atoms with Crippen molar-refractivity contribution >= 4 is 6.29 Å². The molecule has 0 spiro atoms. The Kier molecular flexibility index (Phi) is 2.95. The normalized spacial score (nSPS) is 10.1. The number of aryl methyl sites for hydroxylation is 1. The Morgan fingerprint density at radius 2 is 2.31 bits per heavy atom. The topological polar surface area (TPSA) is 57.0 Å². The molecule has 0 saturated carbocycles. The van der Waals surface area contributed by atoms with Gasteiger partial charge in [0.1, 0.15) is 18.1 Å². The van der Waals surface area contributed by atoms with Crippen molar-refractivity contribution in [1.29, 1.82) is 0 Å². The van der Waals surface area contributed by atoms with Crippen LogP contribution in [0, 0.1) is 0 Å². The second kappa shape index (κ2) is 4.57. The van der Waals surface area contributed by atoms with Crippen molar-refractivity contribution in [1.82, 2.24) is 14.8 Å². The lowest BCUT2D eigenvalue weighted by Crippen LogP contribution is -1.98. The highest BCUT2D eigenvalue weighted by Crippen LogP contribution is 2.10. The molecule has 0 atom stereocenters. The highest BCUT2D eigenvalue weighted by atomic mass is 16.5. The molecular weight excluding hydrogens is 206 g/mol. The van der Waals surface area contributed by atoms with Gasteiger partial charge in [-0.3, -0.25) is 9.48 Å². The maximum atomic E-state index is 10.4. The summed E-state index contributed by atoms with van der Waals surface area (Å²) in [5.74, 6) is 0.622. The molecular formula is C11H11N3O2. The van der Waals surface area contributed by atoms with Gasteiger partial charge in [-0.1, -0.05) is 0 Å². The predicted octanol–water partition coefficient (Wildman–Crippen LogP) is 1.21. The predicted molar refractivity (Wildman–Crippen MR) is 57.2 cm³/mol. The zero-order valence-electron chi connectivity index (χ0n) is 8.83. The van der Waals surface area contributed by atoms with Gasteiger partial charge in [-0.2, -0.15) is 5.10 Å². The van der Waals surface area contributed by atoms with E-state index in [1.54, 1.807) is 16.8 Å². The molecule has 2 rings (SSSR count). The molecule has 0 aliphatic heterocycles. The lowest BCUT2D eigenvalue weighted by Gasteiger charge is -2.02. The van der Waals surface area contributed by atoms with Crippen LogP contribution in [-0.2, 0) is 13.7 Å². The summed E-state index contributed by atoms with van der Waals surface area (Å²) < 4.78 is 7.17. The van der Waals surface area contributed by atoms with Gasteiger partial charge < -0.3 is 4.74 Å². The summed E-state index contributed by atoms with van der Waals surface area (Å²) in [4.78, 5) is 14.3. The third-order valence-electron chi connectivity index (χ3n) is 2.04. The second-order valence-corrected chi connectivity index (χ2v) is 3.31. The number of rotatable bonds is 4. The van der Waals surface area contributed by atoms with Gasteiger partial charge in [-0.25, -0.2) is 4.98 Å². The minimum atomic E-state index is 0.392. The van der Waals surface area contributed by atoms with Crippen molar-refractivity contribution < 1.29 is 9.53 Å². The van der Waals surface area contributed by atoms with Crippen LogP contribution >= 0.6 is 0 Å². The van der Waals surface area contributed by atoms with E-state index in [-0.39, 0.29) is 0 Å². The summed E-state index contributed by atoms with van der Waals surface area (Å²) in [7, 11) is 1.85. The fourth-order valence-corrected chi connectivity index (χ4v) is 1.24. The molecule has 2 heterocycles. The SMILES string of the molecule is Cn1ccc(COc2ccc(C=O)nc2)n1. The molecule has 0 N–H and O–H groups in total. The number of aldehydes is 1. The number of carbonyl (C=O) groups excluding carboxylic acids is 1. The molecule has 0 bridgehead atoms. The van der Waals surface area contributed by atoms with E-state index in [0.29, 0.717) is 24.3 Å². The van der Waals surface area contributed by atoms with E-state index in [0.717, 1.165) is 5.69 Å². The van der Waals surface area contributed by atoms with Crippen LogP contribution in [0.2, 0.25) is 0 Å². The number of aromatic nitrogens is 3. The molecule has 0 amide bonds. The summed E-state index contributed by atoms with van der Waals surface area (Å²) in [5.41, 5.74) is 1.24. The molecule has 2 aromatic rings. The van der Waals surface area contributed by atoms with Gasteiger partial charge in [0.25, 0.3) is 0 Å². The van der Waals surface area contributed by atoms with Gasteiger partial charge >= 0.3 is 0 Å². The van der Waals surface area contributed by atoms with Crippen LogP contribution in [0.4, 0.5) is 0 Å². The highest BCUT2D eigenvalue weighted by Gasteiger charge is 1.99. The Hall–Kier alpha value is -2.17. The first kappa shape index (κ1) is 10.4. The number of hydrogen-bond acceptors (Lipinski definition) is 4. The average molecular weight is 217 g/mol. The van der Waals surface area contributed by atoms with E-state index in [1.807, 2.05) is 19.3 Å². The Bertz CT molecular complexity index is 476. The number of nitrogens with zero attached hydrogens (tertiary/aromatic N) is 3. The van der Waals surface area contributed by atoms with E-state index >= 15 is 0 Å². The van der Waals surface area contributed by atoms with Gasteiger partial charge in [0.15, 0.2) is 6.29 Å². The molecule has 0 radical (unpaired) electrons. The van der Waals surface area contributed by atoms with Gasteiger partial charge in [0, 0.05) is 13.2 Å². The Labute approximate surface area is 92.7 Å². The van der Waals surface area contributed by atoms with Crippen LogP contribution in [0.5, 0.6) is 5.75 Å². The number of hydrogen-bond donors (Lipinski definition) is 0. The van der Waals surface area contributed by atoms with Gasteiger partial charge in [0.2, 0.25) is 0 Å². The minimum absolute atomic E-state index is 0.392. The van der Waals surface area contributed by atoms with Crippen LogP contribution in [0.25, 0.3) is 0 Å². The molecule has 5 heteroatoms. The Morgan fingerprint density at radius 3 is 2.88 bits per heavy atom. The maximum absolute atomic E-state index is 10.4. The summed E-state index contributed by atoms with van der Waals surface area (Å²) >= 11 is 0. The van der Waals surface area contributed by atoms with Crippen LogP contribution in [0.3, 0.4) is 0 Å². The van der Waals surface area contributed by atoms with E-state index in [1.165, 1.54) is 6.20 Å². The fourth-order valence-electron chi connectivity index (χ4n) is 1.24. The number of ether oxygens (including phenoxy) is 1.